The van der Waals surface area contributed by atoms with Gasteiger partial charge in [0.1, 0.15) is 17.6 Å². The van der Waals surface area contributed by atoms with Crippen LogP contribution in [0.15, 0.2) is 24.3 Å². The third-order valence-corrected chi connectivity index (χ3v) is 3.57. The average Bonchev–Trinajstić information content (AvgIpc) is 2.62. The van der Waals surface area contributed by atoms with Gasteiger partial charge in [0, 0.05) is 12.1 Å². The van der Waals surface area contributed by atoms with Crippen molar-refractivity contribution in [2.45, 2.75) is 43.9 Å². The molecule has 3 nitrogen and oxygen atoms in total. The van der Waals surface area contributed by atoms with Gasteiger partial charge in [0.25, 0.3) is 0 Å². The Labute approximate surface area is 95.4 Å². The number of ether oxygens (including phenoxy) is 1. The van der Waals surface area contributed by atoms with E-state index in [0.29, 0.717) is 18.2 Å². The molecule has 2 bridgehead atoms. The van der Waals surface area contributed by atoms with E-state index in [2.05, 4.69) is 5.32 Å². The number of rotatable bonds is 2. The van der Waals surface area contributed by atoms with E-state index < -0.39 is 0 Å². The molecule has 3 heteroatoms. The first-order valence-electron chi connectivity index (χ1n) is 6.01. The van der Waals surface area contributed by atoms with Crippen molar-refractivity contribution in [2.24, 2.45) is 0 Å². The van der Waals surface area contributed by atoms with Crippen molar-refractivity contribution >= 4 is 0 Å². The highest BCUT2D eigenvalue weighted by Gasteiger charge is 2.34. The molecule has 2 aliphatic heterocycles. The Kier molecular flexibility index (Phi) is 2.48. The van der Waals surface area contributed by atoms with Crippen molar-refractivity contribution < 1.29 is 9.84 Å². The summed E-state index contributed by atoms with van der Waals surface area (Å²) in [5.41, 5.74) is 0. The maximum absolute atomic E-state index is 9.19. The van der Waals surface area contributed by atoms with Crippen LogP contribution < -0.4 is 10.1 Å². The Hall–Kier alpha value is -1.22. The summed E-state index contributed by atoms with van der Waals surface area (Å²) in [6, 6.07) is 8.32. The summed E-state index contributed by atoms with van der Waals surface area (Å²) < 4.78 is 5.94. The zero-order valence-electron chi connectivity index (χ0n) is 9.23. The van der Waals surface area contributed by atoms with Crippen molar-refractivity contribution in [1.29, 1.82) is 0 Å². The Bertz CT molecular complexity index is 351. The van der Waals surface area contributed by atoms with Gasteiger partial charge in [-0.25, -0.2) is 0 Å². The predicted molar refractivity (Wildman–Crippen MR) is 61.7 cm³/mol. The van der Waals surface area contributed by atoms with Crippen molar-refractivity contribution in [2.75, 3.05) is 0 Å². The van der Waals surface area contributed by atoms with Gasteiger partial charge in [0.05, 0.1) is 0 Å². The zero-order chi connectivity index (χ0) is 11.0. The lowest BCUT2D eigenvalue weighted by atomic mass is 10.0. The maximum atomic E-state index is 9.19. The molecule has 2 heterocycles. The van der Waals surface area contributed by atoms with Gasteiger partial charge in [-0.3, -0.25) is 0 Å². The SMILES string of the molecule is Oc1ccc(OC2CC3CCC(C2)N3)cc1. The van der Waals surface area contributed by atoms with Crippen LogP contribution in [0.25, 0.3) is 0 Å². The van der Waals surface area contributed by atoms with Gasteiger partial charge in [-0.1, -0.05) is 0 Å². The van der Waals surface area contributed by atoms with Crippen LogP contribution in [-0.2, 0) is 0 Å². The van der Waals surface area contributed by atoms with Gasteiger partial charge in [-0.15, -0.1) is 0 Å². The molecule has 2 aliphatic rings. The molecule has 2 atom stereocenters. The molecule has 2 unspecified atom stereocenters. The monoisotopic (exact) mass is 219 g/mol. The number of nitrogens with one attached hydrogen (secondary N) is 1. The summed E-state index contributed by atoms with van der Waals surface area (Å²) >= 11 is 0. The highest BCUT2D eigenvalue weighted by molar-refractivity contribution is 5.30. The molecule has 1 aromatic carbocycles. The highest BCUT2D eigenvalue weighted by atomic mass is 16.5. The van der Waals surface area contributed by atoms with E-state index in [0.717, 1.165) is 18.6 Å². The third kappa shape index (κ3) is 2.00. The zero-order valence-corrected chi connectivity index (χ0v) is 9.23. The number of aromatic hydroxyl groups is 1. The Balaban J connectivity index is 1.64. The topological polar surface area (TPSA) is 41.5 Å². The van der Waals surface area contributed by atoms with Gasteiger partial charge in [0.15, 0.2) is 0 Å². The fourth-order valence-corrected chi connectivity index (χ4v) is 2.82. The molecule has 86 valence electrons. The molecule has 0 radical (unpaired) electrons. The minimum atomic E-state index is 0.290. The van der Waals surface area contributed by atoms with E-state index in [1.54, 1.807) is 12.1 Å². The summed E-state index contributed by atoms with van der Waals surface area (Å²) in [6.07, 6.45) is 5.14. The van der Waals surface area contributed by atoms with Crippen molar-refractivity contribution in [3.8, 4) is 11.5 Å². The molecular weight excluding hydrogens is 202 g/mol. The number of benzene rings is 1. The van der Waals surface area contributed by atoms with Gasteiger partial charge < -0.3 is 15.2 Å². The predicted octanol–water partition coefficient (Wildman–Crippen LogP) is 2.05. The molecule has 3 rings (SSSR count). The summed E-state index contributed by atoms with van der Waals surface area (Å²) in [5, 5.41) is 12.8. The average molecular weight is 219 g/mol. The molecule has 0 saturated carbocycles. The van der Waals surface area contributed by atoms with Crippen molar-refractivity contribution in [3.05, 3.63) is 24.3 Å². The lowest BCUT2D eigenvalue weighted by Gasteiger charge is -2.29. The molecular formula is C13H17NO2. The molecule has 2 fully saturated rings. The van der Waals surface area contributed by atoms with Crippen LogP contribution in [-0.4, -0.2) is 23.3 Å². The highest BCUT2D eigenvalue weighted by Crippen LogP contribution is 2.29. The van der Waals surface area contributed by atoms with E-state index in [-0.39, 0.29) is 5.75 Å². The minimum Gasteiger partial charge on any atom is -0.508 e. The fourth-order valence-electron chi connectivity index (χ4n) is 2.82. The molecule has 0 spiro atoms. The summed E-state index contributed by atoms with van der Waals surface area (Å²) in [6.45, 7) is 0. The van der Waals surface area contributed by atoms with Crippen molar-refractivity contribution in [3.63, 3.8) is 0 Å². The fraction of sp³-hybridized carbons (Fsp3) is 0.538. The maximum Gasteiger partial charge on any atom is 0.119 e. The van der Waals surface area contributed by atoms with Crippen LogP contribution in [0, 0.1) is 0 Å². The number of hydrogen-bond donors (Lipinski definition) is 2. The van der Waals surface area contributed by atoms with Crippen LogP contribution >= 0.6 is 0 Å². The number of hydrogen-bond acceptors (Lipinski definition) is 3. The quantitative estimate of drug-likeness (QED) is 0.800. The second-order valence-corrected chi connectivity index (χ2v) is 4.84. The molecule has 0 aliphatic carbocycles. The second kappa shape index (κ2) is 3.98. The molecule has 0 amide bonds. The van der Waals surface area contributed by atoms with Crippen LogP contribution in [0.4, 0.5) is 0 Å². The van der Waals surface area contributed by atoms with Gasteiger partial charge in [0.2, 0.25) is 0 Å². The first-order valence-corrected chi connectivity index (χ1v) is 6.01. The van der Waals surface area contributed by atoms with Gasteiger partial charge in [-0.2, -0.15) is 0 Å². The number of fused-ring (bicyclic) bond motifs is 2. The number of phenolic OH excluding ortho intramolecular Hbond substituents is 1. The van der Waals surface area contributed by atoms with Crippen LogP contribution in [0.1, 0.15) is 25.7 Å². The summed E-state index contributed by atoms with van der Waals surface area (Å²) in [4.78, 5) is 0. The summed E-state index contributed by atoms with van der Waals surface area (Å²) in [5.74, 6) is 1.15. The first kappa shape index (κ1) is 9.97. The first-order chi connectivity index (χ1) is 7.79. The lowest BCUT2D eigenvalue weighted by molar-refractivity contribution is 0.137. The van der Waals surface area contributed by atoms with E-state index in [9.17, 15) is 5.11 Å². The lowest BCUT2D eigenvalue weighted by Crippen LogP contribution is -2.42. The van der Waals surface area contributed by atoms with E-state index in [1.807, 2.05) is 12.1 Å². The van der Waals surface area contributed by atoms with E-state index >= 15 is 0 Å². The van der Waals surface area contributed by atoms with E-state index in [4.69, 9.17) is 4.74 Å². The Morgan fingerprint density at radius 2 is 1.69 bits per heavy atom. The van der Waals surface area contributed by atoms with E-state index in [1.165, 1.54) is 12.8 Å². The van der Waals surface area contributed by atoms with Gasteiger partial charge in [-0.05, 0) is 49.9 Å². The third-order valence-electron chi connectivity index (χ3n) is 3.57. The largest absolute Gasteiger partial charge is 0.508 e. The number of phenols is 1. The smallest absolute Gasteiger partial charge is 0.119 e. The minimum absolute atomic E-state index is 0.290. The number of piperidine rings is 1. The summed E-state index contributed by atoms with van der Waals surface area (Å²) in [7, 11) is 0. The van der Waals surface area contributed by atoms with Crippen LogP contribution in [0.2, 0.25) is 0 Å². The normalized spacial score (nSPS) is 32.6. The molecule has 0 aromatic heterocycles. The van der Waals surface area contributed by atoms with Crippen molar-refractivity contribution in [1.82, 2.24) is 5.32 Å². The molecule has 16 heavy (non-hydrogen) atoms. The standard InChI is InChI=1S/C13H17NO2/c15-11-3-5-12(6-4-11)16-13-7-9-1-2-10(8-13)14-9/h3-6,9-10,13-15H,1-2,7-8H2. The van der Waals surface area contributed by atoms with Crippen LogP contribution in [0.5, 0.6) is 11.5 Å². The Morgan fingerprint density at radius 1 is 1.06 bits per heavy atom. The molecule has 1 aromatic rings. The second-order valence-electron chi connectivity index (χ2n) is 4.84. The van der Waals surface area contributed by atoms with Gasteiger partial charge >= 0.3 is 0 Å². The Morgan fingerprint density at radius 3 is 2.31 bits per heavy atom. The molecule has 2 saturated heterocycles. The molecule has 2 N–H and O–H groups in total. The van der Waals surface area contributed by atoms with Crippen LogP contribution in [0.3, 0.4) is 0 Å².